The van der Waals surface area contributed by atoms with Crippen LogP contribution in [-0.2, 0) is 8.85 Å². The highest BCUT2D eigenvalue weighted by Gasteiger charge is 2.42. The minimum atomic E-state index is -3.04. The van der Waals surface area contributed by atoms with Crippen LogP contribution in [0.2, 0.25) is 0 Å². The molecule has 0 heterocycles. The number of hydrogen-bond donors (Lipinski definition) is 0. The van der Waals surface area contributed by atoms with Crippen LogP contribution in [-0.4, -0.2) is 21.3 Å². The molecule has 0 amide bonds. The Bertz CT molecular complexity index is 297. The number of para-hydroxylation sites is 1. The molecule has 0 aliphatic heterocycles. The Morgan fingerprint density at radius 3 is 2.38 bits per heavy atom. The van der Waals surface area contributed by atoms with Gasteiger partial charge in [0.25, 0.3) is 0 Å². The second-order valence-corrected chi connectivity index (χ2v) is 6.31. The lowest BCUT2D eigenvalue weighted by Gasteiger charge is -2.22. The zero-order valence-corrected chi connectivity index (χ0v) is 11.4. The SMILES string of the molecule is CCCO[Si](Cl)(OCC)Oc1ccccc1. The van der Waals surface area contributed by atoms with Gasteiger partial charge in [-0.3, -0.25) is 0 Å². The Morgan fingerprint density at radius 1 is 1.12 bits per heavy atom. The fourth-order valence-electron chi connectivity index (χ4n) is 1.13. The van der Waals surface area contributed by atoms with Gasteiger partial charge in [-0.05, 0) is 25.5 Å². The second-order valence-electron chi connectivity index (χ2n) is 3.18. The van der Waals surface area contributed by atoms with Gasteiger partial charge in [0.2, 0.25) is 0 Å². The molecule has 1 atom stereocenters. The van der Waals surface area contributed by atoms with Crippen molar-refractivity contribution in [1.29, 1.82) is 0 Å². The van der Waals surface area contributed by atoms with Gasteiger partial charge >= 0.3 is 8.11 Å². The van der Waals surface area contributed by atoms with Crippen molar-refractivity contribution >= 4 is 19.2 Å². The fourth-order valence-corrected chi connectivity index (χ4v) is 3.36. The molecular formula is C11H17ClO3Si. The van der Waals surface area contributed by atoms with Gasteiger partial charge < -0.3 is 13.3 Å². The van der Waals surface area contributed by atoms with E-state index in [0.717, 1.165) is 6.42 Å². The van der Waals surface area contributed by atoms with Crippen LogP contribution < -0.4 is 4.43 Å². The van der Waals surface area contributed by atoms with Crippen molar-refractivity contribution in [2.75, 3.05) is 13.2 Å². The molecule has 1 unspecified atom stereocenters. The van der Waals surface area contributed by atoms with Gasteiger partial charge in [0.1, 0.15) is 5.75 Å². The molecule has 0 aromatic heterocycles. The van der Waals surface area contributed by atoms with Gasteiger partial charge in [-0.1, -0.05) is 36.2 Å². The second kappa shape index (κ2) is 6.91. The van der Waals surface area contributed by atoms with E-state index in [-0.39, 0.29) is 0 Å². The largest absolute Gasteiger partial charge is 0.680 e. The van der Waals surface area contributed by atoms with Crippen LogP contribution in [0.1, 0.15) is 20.3 Å². The molecule has 1 aromatic rings. The summed E-state index contributed by atoms with van der Waals surface area (Å²) >= 11 is 6.22. The van der Waals surface area contributed by atoms with Crippen molar-refractivity contribution in [3.8, 4) is 5.75 Å². The van der Waals surface area contributed by atoms with E-state index in [2.05, 4.69) is 0 Å². The molecule has 5 heteroatoms. The van der Waals surface area contributed by atoms with Crippen LogP contribution in [0, 0.1) is 0 Å². The van der Waals surface area contributed by atoms with E-state index in [0.29, 0.717) is 19.0 Å². The number of benzene rings is 1. The highest BCUT2D eigenvalue weighted by atomic mass is 35.6. The smallest absolute Gasteiger partial charge is 0.490 e. The summed E-state index contributed by atoms with van der Waals surface area (Å²) in [6, 6.07) is 9.34. The van der Waals surface area contributed by atoms with Gasteiger partial charge in [0.15, 0.2) is 0 Å². The summed E-state index contributed by atoms with van der Waals surface area (Å²) in [6.45, 7) is 4.91. The fraction of sp³-hybridized carbons (Fsp3) is 0.455. The molecule has 0 saturated carbocycles. The van der Waals surface area contributed by atoms with Crippen LogP contribution in [0.5, 0.6) is 5.75 Å². The molecular weight excluding hydrogens is 244 g/mol. The molecule has 0 radical (unpaired) electrons. The third-order valence-electron chi connectivity index (χ3n) is 1.78. The Morgan fingerprint density at radius 2 is 1.81 bits per heavy atom. The minimum absolute atomic E-state index is 0.478. The maximum atomic E-state index is 6.22. The first-order valence-electron chi connectivity index (χ1n) is 5.41. The Balaban J connectivity index is 2.62. The molecule has 90 valence electrons. The van der Waals surface area contributed by atoms with Crippen molar-refractivity contribution in [3.05, 3.63) is 30.3 Å². The van der Waals surface area contributed by atoms with Crippen LogP contribution in [0.15, 0.2) is 30.3 Å². The van der Waals surface area contributed by atoms with Crippen molar-refractivity contribution in [2.45, 2.75) is 20.3 Å². The Labute approximate surface area is 102 Å². The zero-order valence-electron chi connectivity index (χ0n) is 9.61. The number of halogens is 1. The van der Waals surface area contributed by atoms with Gasteiger partial charge in [-0.25, -0.2) is 0 Å². The lowest BCUT2D eigenvalue weighted by atomic mass is 10.3. The third-order valence-corrected chi connectivity index (χ3v) is 4.33. The van der Waals surface area contributed by atoms with Crippen LogP contribution in [0.3, 0.4) is 0 Å². The summed E-state index contributed by atoms with van der Waals surface area (Å²) in [4.78, 5) is 0. The van der Waals surface area contributed by atoms with Gasteiger partial charge in [0, 0.05) is 13.2 Å². The van der Waals surface area contributed by atoms with E-state index in [1.165, 1.54) is 0 Å². The van der Waals surface area contributed by atoms with E-state index >= 15 is 0 Å². The lowest BCUT2D eigenvalue weighted by Crippen LogP contribution is -2.43. The molecule has 0 spiro atoms. The maximum Gasteiger partial charge on any atom is 0.680 e. The first-order valence-corrected chi connectivity index (χ1v) is 8.14. The summed E-state index contributed by atoms with van der Waals surface area (Å²) in [5.74, 6) is 0.675. The van der Waals surface area contributed by atoms with Crippen molar-refractivity contribution in [2.24, 2.45) is 0 Å². The summed E-state index contributed by atoms with van der Waals surface area (Å²) in [6.07, 6.45) is 0.882. The average molecular weight is 261 g/mol. The third kappa shape index (κ3) is 4.53. The van der Waals surface area contributed by atoms with Crippen LogP contribution >= 0.6 is 11.1 Å². The molecule has 0 saturated heterocycles. The summed E-state index contributed by atoms with van der Waals surface area (Å²) in [5.41, 5.74) is 0. The monoisotopic (exact) mass is 260 g/mol. The Hall–Kier alpha value is -0.553. The molecule has 0 bridgehead atoms. The average Bonchev–Trinajstić information content (AvgIpc) is 2.28. The van der Waals surface area contributed by atoms with Gasteiger partial charge in [-0.15, -0.1) is 0 Å². The maximum absolute atomic E-state index is 6.22. The minimum Gasteiger partial charge on any atom is -0.490 e. The first-order chi connectivity index (χ1) is 7.70. The molecule has 16 heavy (non-hydrogen) atoms. The van der Waals surface area contributed by atoms with E-state index in [1.807, 2.05) is 44.2 Å². The van der Waals surface area contributed by atoms with Crippen molar-refractivity contribution in [3.63, 3.8) is 0 Å². The van der Waals surface area contributed by atoms with E-state index in [1.54, 1.807) is 0 Å². The van der Waals surface area contributed by atoms with Crippen LogP contribution in [0.4, 0.5) is 0 Å². The summed E-state index contributed by atoms with van der Waals surface area (Å²) in [7, 11) is -3.04. The summed E-state index contributed by atoms with van der Waals surface area (Å²) < 4.78 is 16.5. The number of rotatable bonds is 7. The zero-order chi connectivity index (χ0) is 11.9. The van der Waals surface area contributed by atoms with Gasteiger partial charge in [-0.2, -0.15) is 0 Å². The van der Waals surface area contributed by atoms with Crippen molar-refractivity contribution in [1.82, 2.24) is 0 Å². The predicted molar refractivity (Wildman–Crippen MR) is 66.5 cm³/mol. The molecule has 0 aliphatic rings. The molecule has 1 rings (SSSR count). The van der Waals surface area contributed by atoms with Crippen LogP contribution in [0.25, 0.3) is 0 Å². The first kappa shape index (κ1) is 13.5. The molecule has 3 nitrogen and oxygen atoms in total. The molecule has 0 fully saturated rings. The number of hydrogen-bond acceptors (Lipinski definition) is 3. The van der Waals surface area contributed by atoms with E-state index in [9.17, 15) is 0 Å². The van der Waals surface area contributed by atoms with Crippen molar-refractivity contribution < 1.29 is 13.3 Å². The molecule has 1 aromatic carbocycles. The highest BCUT2D eigenvalue weighted by molar-refractivity contribution is 7.09. The normalized spacial score (nSPS) is 14.4. The topological polar surface area (TPSA) is 27.7 Å². The lowest BCUT2D eigenvalue weighted by molar-refractivity contribution is 0.134. The predicted octanol–water partition coefficient (Wildman–Crippen LogP) is 3.20. The standard InChI is InChI=1S/C11H17ClO3Si/c1-3-10-14-16(12,13-4-2)15-11-8-6-5-7-9-11/h5-9H,3-4,10H2,1-2H3. The molecule has 0 aliphatic carbocycles. The Kier molecular flexibility index (Phi) is 5.83. The van der Waals surface area contributed by atoms with Gasteiger partial charge in [0.05, 0.1) is 0 Å². The van der Waals surface area contributed by atoms with E-state index < -0.39 is 8.11 Å². The quantitative estimate of drug-likeness (QED) is 0.557. The molecule has 0 N–H and O–H groups in total. The highest BCUT2D eigenvalue weighted by Crippen LogP contribution is 2.20. The summed E-state index contributed by atoms with van der Waals surface area (Å²) in [5, 5.41) is 0. The van der Waals surface area contributed by atoms with E-state index in [4.69, 9.17) is 24.4 Å².